The van der Waals surface area contributed by atoms with E-state index in [4.69, 9.17) is 0 Å². The second kappa shape index (κ2) is 5.09. The van der Waals surface area contributed by atoms with Crippen molar-refractivity contribution in [3.05, 3.63) is 48.5 Å². The summed E-state index contributed by atoms with van der Waals surface area (Å²) in [5.74, 6) is 0. The Labute approximate surface area is 113 Å². The zero-order chi connectivity index (χ0) is 15.0. The van der Waals surface area contributed by atoms with Gasteiger partial charge in [0.25, 0.3) is 0 Å². The fraction of sp³-hybridized carbons (Fsp3) is 0. The van der Waals surface area contributed by atoms with Gasteiger partial charge < -0.3 is 0 Å². The van der Waals surface area contributed by atoms with Gasteiger partial charge in [-0.3, -0.25) is 0 Å². The summed E-state index contributed by atoms with van der Waals surface area (Å²) in [6.45, 7) is 0. The molecule has 20 heavy (non-hydrogen) atoms. The van der Waals surface area contributed by atoms with Gasteiger partial charge in [0.2, 0.25) is 0 Å². The highest BCUT2D eigenvalue weighted by Crippen LogP contribution is 2.20. The van der Waals surface area contributed by atoms with Gasteiger partial charge >= 0.3 is 18.2 Å². The molecule has 0 bridgehead atoms. The lowest BCUT2D eigenvalue weighted by Gasteiger charge is -2.07. The standard InChI is InChI=1S/C12H8F6Si2/c13-19(14,15)11-5-1-9(2-6-11)10-3-7-12(8-4-10)20(16,17)18/h1-8H. The number of rotatable bonds is 3. The Balaban J connectivity index is 2.29. The van der Waals surface area contributed by atoms with Crippen LogP contribution in [0.25, 0.3) is 11.1 Å². The van der Waals surface area contributed by atoms with Crippen LogP contribution in [0.15, 0.2) is 48.5 Å². The highest BCUT2D eigenvalue weighted by molar-refractivity contribution is 6.74. The quantitative estimate of drug-likeness (QED) is 0.461. The van der Waals surface area contributed by atoms with E-state index < -0.39 is 28.5 Å². The fourth-order valence-electron chi connectivity index (χ4n) is 1.70. The molecule has 8 heteroatoms. The molecule has 0 saturated heterocycles. The Bertz CT molecular complexity index is 528. The van der Waals surface area contributed by atoms with Gasteiger partial charge in [-0.2, -0.15) is 0 Å². The molecular formula is C12H8F6Si2. The van der Waals surface area contributed by atoms with Gasteiger partial charge in [-0.05, 0) is 11.1 Å². The van der Waals surface area contributed by atoms with Crippen LogP contribution in [0.3, 0.4) is 0 Å². The van der Waals surface area contributed by atoms with Crippen molar-refractivity contribution in [3.63, 3.8) is 0 Å². The van der Waals surface area contributed by atoms with E-state index in [2.05, 4.69) is 0 Å². The smallest absolute Gasteiger partial charge is 0.234 e. The number of hydrogen-bond donors (Lipinski definition) is 0. The second-order valence-electron chi connectivity index (χ2n) is 4.15. The SMILES string of the molecule is F[Si](F)(F)c1ccc(-c2ccc([Si](F)(F)F)cc2)cc1. The van der Waals surface area contributed by atoms with Crippen molar-refractivity contribution in [3.8, 4) is 11.1 Å². The van der Waals surface area contributed by atoms with Crippen LogP contribution in [0.5, 0.6) is 0 Å². The lowest BCUT2D eigenvalue weighted by atomic mass is 10.1. The summed E-state index contributed by atoms with van der Waals surface area (Å²) in [4.78, 5) is 0. The van der Waals surface area contributed by atoms with Crippen molar-refractivity contribution in [2.75, 3.05) is 0 Å². The highest BCUT2D eigenvalue weighted by Gasteiger charge is 2.40. The fourth-order valence-corrected chi connectivity index (χ4v) is 2.79. The first-order valence-electron chi connectivity index (χ1n) is 5.53. The molecule has 0 heterocycles. The van der Waals surface area contributed by atoms with Gasteiger partial charge in [-0.25, -0.2) is 24.6 Å². The summed E-state index contributed by atoms with van der Waals surface area (Å²) in [5, 5.41) is -1.30. The molecule has 2 rings (SSSR count). The molecule has 0 fully saturated rings. The molecule has 0 aliphatic rings. The Morgan fingerprint density at radius 3 is 0.900 bits per heavy atom. The molecule has 106 valence electrons. The van der Waals surface area contributed by atoms with E-state index >= 15 is 0 Å². The zero-order valence-corrected chi connectivity index (χ0v) is 11.9. The van der Waals surface area contributed by atoms with Crippen molar-refractivity contribution in [2.45, 2.75) is 0 Å². The lowest BCUT2D eigenvalue weighted by Crippen LogP contribution is -2.33. The van der Waals surface area contributed by atoms with Crippen LogP contribution < -0.4 is 10.4 Å². The van der Waals surface area contributed by atoms with E-state index in [9.17, 15) is 24.6 Å². The van der Waals surface area contributed by atoms with Crippen molar-refractivity contribution in [2.24, 2.45) is 0 Å². The van der Waals surface area contributed by atoms with Crippen molar-refractivity contribution in [1.82, 2.24) is 0 Å². The first-order valence-corrected chi connectivity index (χ1v) is 8.79. The van der Waals surface area contributed by atoms with Gasteiger partial charge in [0.05, 0.1) is 0 Å². The Kier molecular flexibility index (Phi) is 3.78. The maximum Gasteiger partial charge on any atom is 0.653 e. The van der Waals surface area contributed by atoms with E-state index in [-0.39, 0.29) is 0 Å². The van der Waals surface area contributed by atoms with E-state index in [0.717, 1.165) is 24.3 Å². The van der Waals surface area contributed by atoms with Crippen LogP contribution in [0.2, 0.25) is 0 Å². The minimum absolute atomic E-state index is 0.461. The molecule has 0 aliphatic carbocycles. The molecule has 2 aromatic carbocycles. The van der Waals surface area contributed by atoms with E-state index in [1.165, 1.54) is 24.3 Å². The Morgan fingerprint density at radius 1 is 0.450 bits per heavy atom. The third kappa shape index (κ3) is 3.31. The van der Waals surface area contributed by atoms with E-state index in [1.54, 1.807) is 0 Å². The van der Waals surface area contributed by atoms with Gasteiger partial charge in [-0.15, -0.1) is 0 Å². The topological polar surface area (TPSA) is 0 Å². The van der Waals surface area contributed by atoms with Crippen LogP contribution in [0.4, 0.5) is 24.6 Å². The van der Waals surface area contributed by atoms with Crippen molar-refractivity contribution < 1.29 is 24.6 Å². The highest BCUT2D eigenvalue weighted by atomic mass is 28.5. The molecule has 0 unspecified atom stereocenters. The predicted octanol–water partition coefficient (Wildman–Crippen LogP) is 3.46. The van der Waals surface area contributed by atoms with Crippen molar-refractivity contribution in [1.29, 1.82) is 0 Å². The Hall–Kier alpha value is -1.55. The summed E-state index contributed by atoms with van der Waals surface area (Å²) in [6.07, 6.45) is 0. The number of halogens is 6. The maximum absolute atomic E-state index is 12.5. The third-order valence-electron chi connectivity index (χ3n) is 2.76. The molecule has 0 nitrogen and oxygen atoms in total. The molecule has 0 saturated carbocycles. The molecule has 2 aromatic rings. The average Bonchev–Trinajstić information content (AvgIpc) is 2.37. The van der Waals surface area contributed by atoms with Crippen LogP contribution in [0.1, 0.15) is 0 Å². The number of hydrogen-bond acceptors (Lipinski definition) is 0. The van der Waals surface area contributed by atoms with Crippen LogP contribution >= 0.6 is 0 Å². The molecule has 0 amide bonds. The number of benzene rings is 2. The largest absolute Gasteiger partial charge is 0.653 e. The van der Waals surface area contributed by atoms with Gasteiger partial charge in [-0.1, -0.05) is 48.5 Å². The molecule has 0 atom stereocenters. The predicted molar refractivity (Wildman–Crippen MR) is 69.3 cm³/mol. The van der Waals surface area contributed by atoms with Gasteiger partial charge in [0.1, 0.15) is 0 Å². The minimum Gasteiger partial charge on any atom is -0.234 e. The molecule has 0 radical (unpaired) electrons. The molecule has 0 aromatic heterocycles. The summed E-state index contributed by atoms with van der Waals surface area (Å²) in [6, 6.07) is 8.96. The summed E-state index contributed by atoms with van der Waals surface area (Å²) in [7, 11) is -11.7. The average molecular weight is 322 g/mol. The first kappa shape index (κ1) is 14.9. The van der Waals surface area contributed by atoms with Crippen LogP contribution in [0, 0.1) is 0 Å². The summed E-state index contributed by atoms with van der Waals surface area (Å²) < 4.78 is 75.1. The first-order chi connectivity index (χ1) is 9.18. The second-order valence-corrected chi connectivity index (χ2v) is 7.30. The summed E-state index contributed by atoms with van der Waals surface area (Å²) >= 11 is 0. The summed E-state index contributed by atoms with van der Waals surface area (Å²) in [5.41, 5.74) is 0.921. The molecule has 0 aliphatic heterocycles. The van der Waals surface area contributed by atoms with Gasteiger partial charge in [0.15, 0.2) is 0 Å². The van der Waals surface area contributed by atoms with Crippen LogP contribution in [-0.4, -0.2) is 18.2 Å². The molecule has 0 spiro atoms. The van der Waals surface area contributed by atoms with Crippen molar-refractivity contribution >= 4 is 28.5 Å². The van der Waals surface area contributed by atoms with Gasteiger partial charge in [0, 0.05) is 10.4 Å². The Morgan fingerprint density at radius 2 is 0.700 bits per heavy atom. The minimum atomic E-state index is -5.83. The van der Waals surface area contributed by atoms with Crippen LogP contribution in [-0.2, 0) is 0 Å². The third-order valence-corrected chi connectivity index (χ3v) is 4.73. The molecule has 0 N–H and O–H groups in total. The van der Waals surface area contributed by atoms with E-state index in [1.807, 2.05) is 0 Å². The lowest BCUT2D eigenvalue weighted by molar-refractivity contribution is 0.499. The molecular weight excluding hydrogens is 314 g/mol. The maximum atomic E-state index is 12.5. The van der Waals surface area contributed by atoms with E-state index in [0.29, 0.717) is 11.1 Å². The zero-order valence-electron chi connectivity index (χ0n) is 9.89. The monoisotopic (exact) mass is 322 g/mol. The normalized spacial score (nSPS) is 12.5.